The molecule has 2 saturated heterocycles. The molecular formula is C45H42O22. The highest BCUT2D eigenvalue weighted by Gasteiger charge is 2.50. The van der Waals surface area contributed by atoms with Crippen LogP contribution in [0, 0.1) is 0 Å². The predicted octanol–water partition coefficient (Wildman–Crippen LogP) is 0.764. The Labute approximate surface area is 376 Å². The van der Waals surface area contributed by atoms with Crippen molar-refractivity contribution in [3.05, 3.63) is 105 Å². The van der Waals surface area contributed by atoms with E-state index in [1.807, 2.05) is 0 Å². The van der Waals surface area contributed by atoms with Gasteiger partial charge in [0.15, 0.2) is 46.1 Å². The Morgan fingerprint density at radius 1 is 0.507 bits per heavy atom. The number of aliphatic hydroxyl groups excluding tert-OH is 6. The maximum absolute atomic E-state index is 12.8. The van der Waals surface area contributed by atoms with E-state index in [2.05, 4.69) is 9.47 Å². The molecule has 0 radical (unpaired) electrons. The Morgan fingerprint density at radius 3 is 1.33 bits per heavy atom. The number of aliphatic hydroxyl groups is 6. The summed E-state index contributed by atoms with van der Waals surface area (Å²) in [6.45, 7) is 0. The number of hydrogen-bond acceptors (Lipinski definition) is 22. The summed E-state index contributed by atoms with van der Waals surface area (Å²) >= 11 is 0. The van der Waals surface area contributed by atoms with E-state index in [4.69, 9.17) is 32.5 Å². The highest BCUT2D eigenvalue weighted by molar-refractivity contribution is 5.90. The summed E-state index contributed by atoms with van der Waals surface area (Å²) < 4.78 is 47.3. The van der Waals surface area contributed by atoms with Crippen molar-refractivity contribution in [3.63, 3.8) is 0 Å². The maximum atomic E-state index is 12.8. The number of methoxy groups -OCH3 is 3. The van der Waals surface area contributed by atoms with E-state index in [0.717, 1.165) is 26.4 Å². The predicted molar refractivity (Wildman–Crippen MR) is 226 cm³/mol. The van der Waals surface area contributed by atoms with Crippen molar-refractivity contribution in [1.82, 2.24) is 0 Å². The molecule has 10 atom stereocenters. The molecule has 22 heteroatoms. The molecule has 6 aromatic rings. The monoisotopic (exact) mass is 934 g/mol. The van der Waals surface area contributed by atoms with Crippen LogP contribution in [0.2, 0.25) is 0 Å². The number of aromatic hydroxyl groups is 3. The quantitative estimate of drug-likeness (QED) is 0.0714. The number of hydrogen-bond donors (Lipinski definition) is 9. The fourth-order valence-corrected chi connectivity index (χ4v) is 7.16. The van der Waals surface area contributed by atoms with Crippen LogP contribution < -0.4 is 25.1 Å². The smallest absolute Gasteiger partial charge is 0.337 e. The average Bonchev–Trinajstić information content (AvgIpc) is 3.33. The van der Waals surface area contributed by atoms with Gasteiger partial charge in [-0.1, -0.05) is 60.7 Å². The number of phenols is 3. The molecule has 67 heavy (non-hydrogen) atoms. The van der Waals surface area contributed by atoms with Crippen LogP contribution in [0.3, 0.4) is 0 Å². The van der Waals surface area contributed by atoms with Crippen LogP contribution in [0.4, 0.5) is 0 Å². The van der Waals surface area contributed by atoms with Crippen molar-refractivity contribution in [2.75, 3.05) is 21.3 Å². The molecule has 0 aliphatic carbocycles. The summed E-state index contributed by atoms with van der Waals surface area (Å²) in [7, 11) is 3.30. The molecule has 4 aromatic carbocycles. The number of carbonyl (C=O) groups excluding carboxylic acids is 2. The average molecular weight is 935 g/mol. The van der Waals surface area contributed by atoms with E-state index in [-0.39, 0.29) is 45.0 Å². The van der Waals surface area contributed by atoms with Gasteiger partial charge in [0.05, 0.1) is 21.3 Å². The molecule has 2 aliphatic rings. The third kappa shape index (κ3) is 9.27. The van der Waals surface area contributed by atoms with Gasteiger partial charge in [-0.25, -0.2) is 9.59 Å². The summed E-state index contributed by atoms with van der Waals surface area (Å²) in [6.07, 6.45) is -17.7. The second-order valence-electron chi connectivity index (χ2n) is 14.8. The van der Waals surface area contributed by atoms with E-state index in [1.165, 1.54) is 19.2 Å². The molecule has 8 rings (SSSR count). The van der Waals surface area contributed by atoms with Gasteiger partial charge in [-0.2, -0.15) is 0 Å². The molecule has 354 valence electrons. The Kier molecular flexibility index (Phi) is 14.0. The Bertz CT molecular complexity index is 2880. The Hall–Kier alpha value is -7.28. The summed E-state index contributed by atoms with van der Waals surface area (Å²) in [6, 6.07) is 22.2. The molecule has 0 saturated carbocycles. The lowest BCUT2D eigenvalue weighted by molar-refractivity contribution is -0.272. The van der Waals surface area contributed by atoms with Crippen molar-refractivity contribution in [3.8, 4) is 57.1 Å². The summed E-state index contributed by atoms with van der Waals surface area (Å²) in [4.78, 5) is 49.1. The first-order valence-corrected chi connectivity index (χ1v) is 19.9. The van der Waals surface area contributed by atoms with Gasteiger partial charge in [0.25, 0.3) is 0 Å². The van der Waals surface area contributed by atoms with Crippen LogP contribution in [-0.2, 0) is 28.5 Å². The van der Waals surface area contributed by atoms with Crippen LogP contribution in [0.5, 0.6) is 34.5 Å². The van der Waals surface area contributed by atoms with Crippen molar-refractivity contribution < 1.29 is 97.5 Å². The van der Waals surface area contributed by atoms with Gasteiger partial charge in [0.1, 0.15) is 70.1 Å². The minimum absolute atomic E-state index is 0.0601. The minimum Gasteiger partial charge on any atom is -0.504 e. The highest BCUT2D eigenvalue weighted by Crippen LogP contribution is 2.45. The fourth-order valence-electron chi connectivity index (χ4n) is 7.16. The van der Waals surface area contributed by atoms with Crippen molar-refractivity contribution in [1.29, 1.82) is 0 Å². The van der Waals surface area contributed by atoms with Crippen molar-refractivity contribution >= 4 is 33.9 Å². The van der Waals surface area contributed by atoms with Crippen LogP contribution in [-0.4, -0.2) is 141 Å². The Balaban J connectivity index is 0.000000199. The largest absolute Gasteiger partial charge is 0.504 e. The van der Waals surface area contributed by atoms with Crippen LogP contribution in [0.1, 0.15) is 0 Å². The van der Waals surface area contributed by atoms with E-state index in [0.29, 0.717) is 11.1 Å². The van der Waals surface area contributed by atoms with Gasteiger partial charge in [-0.05, 0) is 0 Å². The number of fused-ring (bicyclic) bond motifs is 2. The summed E-state index contributed by atoms with van der Waals surface area (Å²) in [5, 5.41) is 91.8. The molecular weight excluding hydrogens is 892 g/mol. The Morgan fingerprint density at radius 2 is 0.910 bits per heavy atom. The molecule has 4 unspecified atom stereocenters. The van der Waals surface area contributed by atoms with Gasteiger partial charge in [-0.3, -0.25) is 9.59 Å². The number of ether oxygens (including phenoxy) is 7. The first kappa shape index (κ1) is 47.7. The number of rotatable bonds is 9. The van der Waals surface area contributed by atoms with Crippen molar-refractivity contribution in [2.45, 2.75) is 61.4 Å². The molecule has 4 heterocycles. The zero-order valence-corrected chi connectivity index (χ0v) is 35.2. The van der Waals surface area contributed by atoms with Gasteiger partial charge >= 0.3 is 11.9 Å². The zero-order chi connectivity index (χ0) is 48.4. The van der Waals surface area contributed by atoms with E-state index >= 15 is 0 Å². The summed E-state index contributed by atoms with van der Waals surface area (Å²) in [5.74, 6) is -4.90. The lowest BCUT2D eigenvalue weighted by atomic mass is 9.99. The molecule has 0 amide bonds. The van der Waals surface area contributed by atoms with Gasteiger partial charge < -0.3 is 88.0 Å². The van der Waals surface area contributed by atoms with Crippen LogP contribution in [0.25, 0.3) is 44.6 Å². The second kappa shape index (κ2) is 19.7. The third-order valence-corrected chi connectivity index (χ3v) is 10.7. The van der Waals surface area contributed by atoms with E-state index < -0.39 is 107 Å². The number of carbonyl (C=O) groups is 2. The van der Waals surface area contributed by atoms with Gasteiger partial charge in [0, 0.05) is 35.4 Å². The van der Waals surface area contributed by atoms with Gasteiger partial charge in [0.2, 0.25) is 24.1 Å². The number of esters is 2. The molecule has 0 bridgehead atoms. The lowest BCUT2D eigenvalue weighted by Crippen LogP contribution is -2.61. The normalized spacial score (nSPS) is 24.8. The van der Waals surface area contributed by atoms with Crippen LogP contribution >= 0.6 is 0 Å². The lowest BCUT2D eigenvalue weighted by Gasteiger charge is -2.38. The third-order valence-electron chi connectivity index (χ3n) is 10.7. The molecule has 2 aromatic heterocycles. The SMILES string of the molecule is COC(=O)C1O[C@@H](Oc2cc3oc(-c4ccccc4)cc(=O)c3c(O)c2O)C(O)[C@@H](O)[C@@H]1O.COC(=O)C1O[C@@H](Oc2cc3oc(-c4ccccc4)cc(=O)c3c(O)c2OC)C(O)[C@@H](O)[C@@H]1O. The second-order valence-corrected chi connectivity index (χ2v) is 14.8. The number of phenolic OH excluding ortho intramolecular Hbond substituents is 3. The van der Waals surface area contributed by atoms with Crippen molar-refractivity contribution in [2.24, 2.45) is 0 Å². The first-order valence-electron chi connectivity index (χ1n) is 19.9. The minimum atomic E-state index is -1.85. The van der Waals surface area contributed by atoms with Crippen LogP contribution in [0.15, 0.2) is 103 Å². The maximum Gasteiger partial charge on any atom is 0.337 e. The summed E-state index contributed by atoms with van der Waals surface area (Å²) in [5.41, 5.74) is -0.190. The molecule has 9 N–H and O–H groups in total. The topological polar surface area (TPSA) is 341 Å². The molecule has 0 spiro atoms. The molecule has 2 fully saturated rings. The van der Waals surface area contributed by atoms with E-state index in [1.54, 1.807) is 60.7 Å². The van der Waals surface area contributed by atoms with Gasteiger partial charge in [-0.15, -0.1) is 0 Å². The fraction of sp³-hybridized carbons (Fsp3) is 0.289. The standard InChI is InChI=1S/C23H22O11.C22H20O11/c1-30-20-14(33-23-19(28)17(26)18(27)21(34-23)22(29)31-2)9-13-15(16(20)25)11(24)8-12(32-13)10-6-4-3-5-7-10;1-30-21(29)20-18(27)17(26)19(28)22(33-20)32-13-8-12-14(16(25)15(13)24)10(23)7-11(31-12)9-5-3-2-4-6-9/h3-9,17-19,21,23,25-28H,1-2H3;2-8,17-20,22,24-28H,1H3/t17-,18-,19?,21?,23+;17-,18-,19?,20?,22+/m00/s1. The number of benzene rings is 4. The zero-order valence-electron chi connectivity index (χ0n) is 35.2. The molecule has 22 nitrogen and oxygen atoms in total. The molecule has 2 aliphatic heterocycles. The highest BCUT2D eigenvalue weighted by atomic mass is 16.7. The van der Waals surface area contributed by atoms with E-state index in [9.17, 15) is 65.1 Å². The first-order chi connectivity index (χ1) is 32.0.